The number of hydrogen-bond donors (Lipinski definition) is 0. The first-order valence-electron chi connectivity index (χ1n) is 4.89. The van der Waals surface area contributed by atoms with Crippen molar-refractivity contribution < 1.29 is 93.3 Å². The summed E-state index contributed by atoms with van der Waals surface area (Å²) in [6.07, 6.45) is 0. The molecule has 2 aromatic rings. The second-order valence-electron chi connectivity index (χ2n) is 3.39. The fraction of sp³-hybridized carbons (Fsp3) is 0. The summed E-state index contributed by atoms with van der Waals surface area (Å²) in [5.74, 6) is -20.1. The molecule has 0 spiro atoms. The molecule has 1 radical (unpaired) electrons. The molecule has 2 aromatic carbocycles. The zero-order valence-corrected chi connectivity index (χ0v) is 12.6. The van der Waals surface area contributed by atoms with Crippen LogP contribution in [-0.2, 0) is 0 Å². The van der Waals surface area contributed by atoms with Crippen LogP contribution in [0.15, 0.2) is 0 Å². The number of halogens is 10. The van der Waals surface area contributed by atoms with Gasteiger partial charge in [-0.15, -0.1) is 12.1 Å². The Morgan fingerprint density at radius 2 is 0.522 bits per heavy atom. The van der Waals surface area contributed by atoms with Gasteiger partial charge in [0.15, 0.2) is 0 Å². The van der Waals surface area contributed by atoms with Gasteiger partial charge in [-0.1, -0.05) is 0 Å². The molecule has 11 heteroatoms. The molecule has 0 saturated heterocycles. The molecule has 0 N–H and O–H groups in total. The van der Waals surface area contributed by atoms with Crippen molar-refractivity contribution in [2.24, 2.45) is 0 Å². The standard InChI is InChI=1S/2C6F5.Eu/c2*7-2-1-3(8)5(10)6(11)4(2)9;/q2*-1;+2. The largest absolute Gasteiger partial charge is 2.00 e. The van der Waals surface area contributed by atoms with E-state index in [1.807, 2.05) is 0 Å². The van der Waals surface area contributed by atoms with Crippen LogP contribution >= 0.6 is 0 Å². The van der Waals surface area contributed by atoms with Crippen LogP contribution in [0.4, 0.5) is 43.9 Å². The summed E-state index contributed by atoms with van der Waals surface area (Å²) in [6, 6.07) is 2.05. The second kappa shape index (κ2) is 8.98. The Kier molecular flexibility index (Phi) is 8.71. The van der Waals surface area contributed by atoms with Gasteiger partial charge in [-0.05, 0) is 0 Å². The van der Waals surface area contributed by atoms with Gasteiger partial charge in [0.05, 0.1) is 58.2 Å². The van der Waals surface area contributed by atoms with Crippen molar-refractivity contribution in [2.75, 3.05) is 0 Å². The van der Waals surface area contributed by atoms with Crippen molar-refractivity contribution in [3.63, 3.8) is 0 Å². The molecule has 0 atom stereocenters. The fourth-order valence-corrected chi connectivity index (χ4v) is 0.990. The molecule has 0 aliphatic heterocycles. The molecule has 0 aromatic heterocycles. The Balaban J connectivity index is 0.000000403. The summed E-state index contributed by atoms with van der Waals surface area (Å²) in [7, 11) is 0. The van der Waals surface area contributed by atoms with Crippen LogP contribution in [-0.4, -0.2) is 0 Å². The quantitative estimate of drug-likeness (QED) is 0.225. The van der Waals surface area contributed by atoms with E-state index in [2.05, 4.69) is 0 Å². The summed E-state index contributed by atoms with van der Waals surface area (Å²) in [5.41, 5.74) is 0. The van der Waals surface area contributed by atoms with Gasteiger partial charge in [0.1, 0.15) is 0 Å². The minimum absolute atomic E-state index is 0. The molecule has 0 fully saturated rings. The summed E-state index contributed by atoms with van der Waals surface area (Å²) in [4.78, 5) is 0. The predicted molar refractivity (Wildman–Crippen MR) is 50.1 cm³/mol. The van der Waals surface area contributed by atoms with E-state index in [1.54, 1.807) is 0 Å². The van der Waals surface area contributed by atoms with Gasteiger partial charge in [-0.2, -0.15) is 0 Å². The first-order valence-corrected chi connectivity index (χ1v) is 4.89. The van der Waals surface area contributed by atoms with Crippen LogP contribution in [0.5, 0.6) is 0 Å². The molecule has 0 bridgehead atoms. The normalized spacial score (nSPS) is 9.83. The van der Waals surface area contributed by atoms with Crippen molar-refractivity contribution in [2.45, 2.75) is 0 Å². The van der Waals surface area contributed by atoms with Gasteiger partial charge in [0.25, 0.3) is 0 Å². The third-order valence-electron chi connectivity index (χ3n) is 1.98. The molecule has 0 heterocycles. The molecule has 0 amide bonds. The van der Waals surface area contributed by atoms with E-state index in [9.17, 15) is 43.9 Å². The molecular weight excluding hydrogens is 486 g/mol. The molecule has 2 rings (SSSR count). The van der Waals surface area contributed by atoms with E-state index in [0.717, 1.165) is 12.1 Å². The van der Waals surface area contributed by atoms with E-state index in [-0.39, 0.29) is 49.4 Å². The Hall–Kier alpha value is -0.676. The summed E-state index contributed by atoms with van der Waals surface area (Å²) in [5, 5.41) is 0. The second-order valence-corrected chi connectivity index (χ2v) is 3.39. The van der Waals surface area contributed by atoms with Gasteiger partial charge in [-0.25, -0.2) is 26.3 Å². The van der Waals surface area contributed by atoms with Crippen LogP contribution in [0.1, 0.15) is 0 Å². The Labute approximate surface area is 162 Å². The van der Waals surface area contributed by atoms with Crippen molar-refractivity contribution >= 4 is 0 Å². The zero-order chi connectivity index (χ0) is 17.2. The molecule has 0 saturated carbocycles. The summed E-state index contributed by atoms with van der Waals surface area (Å²) in [6.45, 7) is 0. The monoisotopic (exact) mass is 487 g/mol. The van der Waals surface area contributed by atoms with Gasteiger partial charge in [-0.3, -0.25) is 17.6 Å². The molecular formula is C12EuF10. The maximum absolute atomic E-state index is 12.0. The minimum Gasteiger partial charge on any atom is -0.278 e. The van der Waals surface area contributed by atoms with Crippen molar-refractivity contribution in [1.29, 1.82) is 0 Å². The average molecular weight is 486 g/mol. The van der Waals surface area contributed by atoms with Gasteiger partial charge in [0, 0.05) is 0 Å². The van der Waals surface area contributed by atoms with Gasteiger partial charge >= 0.3 is 49.4 Å². The molecule has 0 nitrogen and oxygen atoms in total. The molecule has 0 aliphatic rings. The zero-order valence-electron chi connectivity index (χ0n) is 10.2. The Morgan fingerprint density at radius 3 is 0.696 bits per heavy atom. The molecule has 23 heavy (non-hydrogen) atoms. The maximum Gasteiger partial charge on any atom is 2.00 e. The number of rotatable bonds is 0. The van der Waals surface area contributed by atoms with Gasteiger partial charge in [0.2, 0.25) is 0 Å². The minimum atomic E-state index is -2.17. The third-order valence-corrected chi connectivity index (χ3v) is 1.98. The first-order chi connectivity index (χ1) is 10.1. The smallest absolute Gasteiger partial charge is 0.278 e. The van der Waals surface area contributed by atoms with E-state index in [0.29, 0.717) is 0 Å². The summed E-state index contributed by atoms with van der Waals surface area (Å²) >= 11 is 0. The number of benzene rings is 2. The van der Waals surface area contributed by atoms with Crippen LogP contribution in [0.25, 0.3) is 0 Å². The summed E-state index contributed by atoms with van der Waals surface area (Å²) < 4.78 is 120. The molecule has 0 aliphatic carbocycles. The maximum atomic E-state index is 12.0. The van der Waals surface area contributed by atoms with Crippen LogP contribution < -0.4 is 0 Å². The van der Waals surface area contributed by atoms with Crippen LogP contribution in [0.2, 0.25) is 0 Å². The molecule has 0 unspecified atom stereocenters. The van der Waals surface area contributed by atoms with Gasteiger partial charge < -0.3 is 0 Å². The predicted octanol–water partition coefficient (Wildman–Crippen LogP) is 4.36. The average Bonchev–Trinajstić information content (AvgIpc) is 2.47. The number of hydrogen-bond acceptors (Lipinski definition) is 0. The van der Waals surface area contributed by atoms with E-state index in [4.69, 9.17) is 0 Å². The van der Waals surface area contributed by atoms with E-state index >= 15 is 0 Å². The Morgan fingerprint density at radius 1 is 0.348 bits per heavy atom. The first kappa shape index (κ1) is 22.3. The van der Waals surface area contributed by atoms with Crippen LogP contribution in [0.3, 0.4) is 0 Å². The Bertz CT molecular complexity index is 602. The fourth-order valence-electron chi connectivity index (χ4n) is 0.990. The van der Waals surface area contributed by atoms with Crippen molar-refractivity contribution in [3.05, 3.63) is 70.3 Å². The van der Waals surface area contributed by atoms with E-state index in [1.165, 1.54) is 0 Å². The van der Waals surface area contributed by atoms with Crippen molar-refractivity contribution in [1.82, 2.24) is 0 Å². The molecule has 125 valence electrons. The topological polar surface area (TPSA) is 0 Å². The van der Waals surface area contributed by atoms with Crippen molar-refractivity contribution in [3.8, 4) is 0 Å². The van der Waals surface area contributed by atoms with E-state index < -0.39 is 58.2 Å². The van der Waals surface area contributed by atoms with Crippen LogP contribution in [0, 0.1) is 120 Å². The third kappa shape index (κ3) is 5.15. The SMILES string of the molecule is Fc1[c-]c(F)c(F)c(F)c1F.Fc1[c-]c(F)c(F)c(F)c1F.[Eu+2].